The minimum atomic E-state index is -1.47. The van der Waals surface area contributed by atoms with Crippen LogP contribution in [0.15, 0.2) is 42.5 Å². The normalized spacial score (nSPS) is 10.1. The van der Waals surface area contributed by atoms with Crippen LogP contribution in [0.25, 0.3) is 10.8 Å². The summed E-state index contributed by atoms with van der Waals surface area (Å²) in [5, 5.41) is 12.9. The van der Waals surface area contributed by atoms with Crippen molar-refractivity contribution in [2.24, 2.45) is 0 Å². The summed E-state index contributed by atoms with van der Waals surface area (Å²) in [5.74, 6) is -2.46. The van der Waals surface area contributed by atoms with Crippen molar-refractivity contribution >= 4 is 22.6 Å². The molecule has 0 aliphatic heterocycles. The van der Waals surface area contributed by atoms with E-state index in [0.717, 1.165) is 16.3 Å². The summed E-state index contributed by atoms with van der Waals surface area (Å²) in [6.07, 6.45) is 0. The molecule has 2 N–H and O–H groups in total. The van der Waals surface area contributed by atoms with Crippen molar-refractivity contribution in [1.82, 2.24) is 5.32 Å². The SMILES string of the molecule is O=C(O)C(=O)NCc1cccc2ccccc12. The molecule has 0 spiro atoms. The van der Waals surface area contributed by atoms with E-state index in [1.807, 2.05) is 42.5 Å². The van der Waals surface area contributed by atoms with Gasteiger partial charge in [-0.2, -0.15) is 0 Å². The van der Waals surface area contributed by atoms with Gasteiger partial charge in [0.05, 0.1) is 0 Å². The van der Waals surface area contributed by atoms with Crippen LogP contribution in [0.1, 0.15) is 5.56 Å². The fourth-order valence-electron chi connectivity index (χ4n) is 1.70. The Morgan fingerprint density at radius 2 is 1.76 bits per heavy atom. The van der Waals surface area contributed by atoms with Gasteiger partial charge in [-0.05, 0) is 16.3 Å². The summed E-state index contributed by atoms with van der Waals surface area (Å²) in [6, 6.07) is 13.5. The second kappa shape index (κ2) is 4.65. The topological polar surface area (TPSA) is 66.4 Å². The first-order valence-electron chi connectivity index (χ1n) is 5.16. The molecule has 4 nitrogen and oxygen atoms in total. The third-order valence-electron chi connectivity index (χ3n) is 2.51. The lowest BCUT2D eigenvalue weighted by Crippen LogP contribution is -2.30. The minimum absolute atomic E-state index is 0.215. The summed E-state index contributed by atoms with van der Waals surface area (Å²) >= 11 is 0. The fourth-order valence-corrected chi connectivity index (χ4v) is 1.70. The molecule has 4 heteroatoms. The van der Waals surface area contributed by atoms with E-state index < -0.39 is 11.9 Å². The van der Waals surface area contributed by atoms with Crippen LogP contribution in [-0.2, 0) is 16.1 Å². The van der Waals surface area contributed by atoms with E-state index in [0.29, 0.717) is 0 Å². The van der Waals surface area contributed by atoms with Gasteiger partial charge >= 0.3 is 11.9 Å². The second-order valence-corrected chi connectivity index (χ2v) is 3.63. The number of nitrogens with one attached hydrogen (secondary N) is 1. The molecule has 0 saturated heterocycles. The molecule has 0 aromatic heterocycles. The number of rotatable bonds is 2. The number of aliphatic carboxylic acids is 1. The molecule has 0 unspecified atom stereocenters. The molecule has 1 amide bonds. The summed E-state index contributed by atoms with van der Waals surface area (Å²) < 4.78 is 0. The van der Waals surface area contributed by atoms with E-state index in [2.05, 4.69) is 5.32 Å². The smallest absolute Gasteiger partial charge is 0.394 e. The lowest BCUT2D eigenvalue weighted by molar-refractivity contribution is -0.150. The molecule has 17 heavy (non-hydrogen) atoms. The lowest BCUT2D eigenvalue weighted by atomic mass is 10.0. The van der Waals surface area contributed by atoms with Crippen LogP contribution in [0.3, 0.4) is 0 Å². The van der Waals surface area contributed by atoms with E-state index in [-0.39, 0.29) is 6.54 Å². The summed E-state index contributed by atoms with van der Waals surface area (Å²) in [4.78, 5) is 21.3. The van der Waals surface area contributed by atoms with Crippen LogP contribution in [-0.4, -0.2) is 17.0 Å². The van der Waals surface area contributed by atoms with E-state index in [4.69, 9.17) is 5.11 Å². The highest BCUT2D eigenvalue weighted by Gasteiger charge is 2.10. The Kier molecular flexibility index (Phi) is 3.05. The molecule has 2 rings (SSSR count). The Bertz CT molecular complexity index is 572. The van der Waals surface area contributed by atoms with Crippen molar-refractivity contribution in [3.8, 4) is 0 Å². The van der Waals surface area contributed by atoms with Crippen molar-refractivity contribution < 1.29 is 14.7 Å². The fraction of sp³-hybridized carbons (Fsp3) is 0.0769. The number of hydrogen-bond donors (Lipinski definition) is 2. The van der Waals surface area contributed by atoms with Gasteiger partial charge < -0.3 is 10.4 Å². The highest BCUT2D eigenvalue weighted by atomic mass is 16.4. The predicted molar refractivity (Wildman–Crippen MR) is 63.4 cm³/mol. The van der Waals surface area contributed by atoms with Gasteiger partial charge in [0.2, 0.25) is 0 Å². The summed E-state index contributed by atoms with van der Waals surface area (Å²) in [5.41, 5.74) is 0.901. The molecule has 0 saturated carbocycles. The van der Waals surface area contributed by atoms with Gasteiger partial charge in [-0.3, -0.25) is 4.79 Å². The Morgan fingerprint density at radius 3 is 2.53 bits per heavy atom. The highest BCUT2D eigenvalue weighted by Crippen LogP contribution is 2.17. The van der Waals surface area contributed by atoms with Gasteiger partial charge in [-0.25, -0.2) is 4.79 Å². The maximum Gasteiger partial charge on any atom is 0.394 e. The van der Waals surface area contributed by atoms with Gasteiger partial charge in [0.15, 0.2) is 0 Å². The molecule has 86 valence electrons. The standard InChI is InChI=1S/C13H11NO3/c15-12(13(16)17)14-8-10-6-3-5-9-4-1-2-7-11(9)10/h1-7H,8H2,(H,14,15)(H,16,17). The average Bonchev–Trinajstić information content (AvgIpc) is 2.35. The third kappa shape index (κ3) is 2.42. The first kappa shape index (κ1) is 11.1. The lowest BCUT2D eigenvalue weighted by Gasteiger charge is -2.06. The van der Waals surface area contributed by atoms with Crippen molar-refractivity contribution in [3.05, 3.63) is 48.0 Å². The monoisotopic (exact) mass is 229 g/mol. The minimum Gasteiger partial charge on any atom is -0.474 e. The zero-order chi connectivity index (χ0) is 12.3. The van der Waals surface area contributed by atoms with Gasteiger partial charge in [-0.1, -0.05) is 42.5 Å². The molecule has 0 radical (unpaired) electrons. The van der Waals surface area contributed by atoms with E-state index in [1.165, 1.54) is 0 Å². The molecule has 2 aromatic rings. The van der Waals surface area contributed by atoms with Crippen LogP contribution >= 0.6 is 0 Å². The van der Waals surface area contributed by atoms with Crippen LogP contribution in [0.5, 0.6) is 0 Å². The van der Waals surface area contributed by atoms with Gasteiger partial charge in [0.1, 0.15) is 0 Å². The molecule has 0 aliphatic rings. The predicted octanol–water partition coefficient (Wildman–Crippen LogP) is 1.54. The molecule has 0 fully saturated rings. The van der Waals surface area contributed by atoms with Crippen molar-refractivity contribution in [1.29, 1.82) is 0 Å². The molecule has 0 heterocycles. The molecular weight excluding hydrogens is 218 g/mol. The average molecular weight is 229 g/mol. The van der Waals surface area contributed by atoms with Crippen LogP contribution in [0.2, 0.25) is 0 Å². The molecular formula is C13H11NO3. The largest absolute Gasteiger partial charge is 0.474 e. The number of carbonyl (C=O) groups excluding carboxylic acids is 1. The number of carboxylic acids is 1. The number of hydrogen-bond acceptors (Lipinski definition) is 2. The number of benzene rings is 2. The number of carboxylic acid groups (broad SMARTS) is 1. The van der Waals surface area contributed by atoms with E-state index >= 15 is 0 Å². The van der Waals surface area contributed by atoms with E-state index in [9.17, 15) is 9.59 Å². The van der Waals surface area contributed by atoms with Gasteiger partial charge in [0, 0.05) is 6.54 Å². The number of amides is 1. The third-order valence-corrected chi connectivity index (χ3v) is 2.51. The number of fused-ring (bicyclic) bond motifs is 1. The Morgan fingerprint density at radius 1 is 1.06 bits per heavy atom. The second-order valence-electron chi connectivity index (χ2n) is 3.63. The van der Waals surface area contributed by atoms with Gasteiger partial charge in [-0.15, -0.1) is 0 Å². The zero-order valence-electron chi connectivity index (χ0n) is 9.01. The molecule has 0 bridgehead atoms. The Balaban J connectivity index is 2.24. The summed E-state index contributed by atoms with van der Waals surface area (Å²) in [7, 11) is 0. The Labute approximate surface area is 97.9 Å². The Hall–Kier alpha value is -2.36. The van der Waals surface area contributed by atoms with E-state index in [1.54, 1.807) is 0 Å². The van der Waals surface area contributed by atoms with Crippen LogP contribution < -0.4 is 5.32 Å². The van der Waals surface area contributed by atoms with Crippen molar-refractivity contribution in [2.75, 3.05) is 0 Å². The van der Waals surface area contributed by atoms with Gasteiger partial charge in [0.25, 0.3) is 0 Å². The maximum absolute atomic E-state index is 10.9. The quantitative estimate of drug-likeness (QED) is 0.767. The molecule has 2 aromatic carbocycles. The van der Waals surface area contributed by atoms with Crippen LogP contribution in [0.4, 0.5) is 0 Å². The molecule has 0 aliphatic carbocycles. The van der Waals surface area contributed by atoms with Crippen molar-refractivity contribution in [3.63, 3.8) is 0 Å². The maximum atomic E-state index is 10.9. The first-order chi connectivity index (χ1) is 8.18. The number of carbonyl (C=O) groups is 2. The highest BCUT2D eigenvalue weighted by molar-refractivity contribution is 6.31. The van der Waals surface area contributed by atoms with Crippen LogP contribution in [0, 0.1) is 0 Å². The first-order valence-corrected chi connectivity index (χ1v) is 5.16. The summed E-state index contributed by atoms with van der Waals surface area (Å²) in [6.45, 7) is 0.215. The van der Waals surface area contributed by atoms with Crippen molar-refractivity contribution in [2.45, 2.75) is 6.54 Å². The zero-order valence-corrected chi connectivity index (χ0v) is 9.01. The molecule has 0 atom stereocenters.